The molecule has 2 aromatic carbocycles. The molecular weight excluding hydrogens is 307 g/mol. The van der Waals surface area contributed by atoms with Crippen molar-refractivity contribution >= 4 is 21.7 Å². The van der Waals surface area contributed by atoms with Gasteiger partial charge in [0.05, 0.1) is 4.47 Å². The average molecular weight is 321 g/mol. The molecule has 0 saturated carbocycles. The number of hydrogen-bond acceptors (Lipinski definition) is 1. The average Bonchev–Trinajstić information content (AvgIpc) is 2.44. The van der Waals surface area contributed by atoms with Crippen molar-refractivity contribution in [3.63, 3.8) is 0 Å². The van der Waals surface area contributed by atoms with Crippen molar-refractivity contribution in [3.05, 3.63) is 69.4 Å². The summed E-state index contributed by atoms with van der Waals surface area (Å²) in [5.74, 6) is -0.347. The second-order valence-electron chi connectivity index (χ2n) is 4.36. The third kappa shape index (κ3) is 3.29. The van der Waals surface area contributed by atoms with Crippen LogP contribution in [0.5, 0.6) is 0 Å². The van der Waals surface area contributed by atoms with Crippen LogP contribution in [0.2, 0.25) is 0 Å². The first-order valence-electron chi connectivity index (χ1n) is 6.17. The van der Waals surface area contributed by atoms with Crippen molar-refractivity contribution in [2.45, 2.75) is 19.8 Å². The molecule has 0 amide bonds. The van der Waals surface area contributed by atoms with Gasteiger partial charge in [0.15, 0.2) is 5.78 Å². The van der Waals surface area contributed by atoms with Crippen molar-refractivity contribution in [3.8, 4) is 0 Å². The lowest BCUT2D eigenvalue weighted by atomic mass is 10.0. The number of halogens is 2. The Bertz CT molecular complexity index is 590. The first kappa shape index (κ1) is 13.9. The zero-order valence-corrected chi connectivity index (χ0v) is 12.2. The Morgan fingerprint density at radius 2 is 1.84 bits per heavy atom. The van der Waals surface area contributed by atoms with Gasteiger partial charge in [0.2, 0.25) is 0 Å². The zero-order valence-electron chi connectivity index (χ0n) is 10.6. The first-order valence-corrected chi connectivity index (χ1v) is 6.96. The van der Waals surface area contributed by atoms with E-state index in [-0.39, 0.29) is 18.0 Å². The van der Waals surface area contributed by atoms with Gasteiger partial charge in [-0.3, -0.25) is 4.79 Å². The van der Waals surface area contributed by atoms with E-state index in [2.05, 4.69) is 22.9 Å². The number of carbonyl (C=O) groups excluding carboxylic acids is 1. The molecule has 3 heteroatoms. The summed E-state index contributed by atoms with van der Waals surface area (Å²) in [4.78, 5) is 12.1. The van der Waals surface area contributed by atoms with Crippen molar-refractivity contribution in [1.82, 2.24) is 0 Å². The predicted octanol–water partition coefficient (Wildman–Crippen LogP) is 4.58. The minimum absolute atomic E-state index is 0.00560. The number of hydrogen-bond donors (Lipinski definition) is 0. The molecule has 19 heavy (non-hydrogen) atoms. The maximum Gasteiger partial charge on any atom is 0.167 e. The van der Waals surface area contributed by atoms with E-state index in [1.165, 1.54) is 11.6 Å². The Balaban J connectivity index is 2.18. The summed E-state index contributed by atoms with van der Waals surface area (Å²) >= 11 is 3.18. The van der Waals surface area contributed by atoms with Crippen LogP contribution in [-0.4, -0.2) is 5.78 Å². The van der Waals surface area contributed by atoms with Crippen LogP contribution in [0.1, 0.15) is 28.4 Å². The maximum absolute atomic E-state index is 13.4. The lowest BCUT2D eigenvalue weighted by Crippen LogP contribution is -2.04. The minimum atomic E-state index is -0.341. The van der Waals surface area contributed by atoms with Crippen molar-refractivity contribution in [2.75, 3.05) is 0 Å². The van der Waals surface area contributed by atoms with Gasteiger partial charge in [0, 0.05) is 12.0 Å². The highest BCUT2D eigenvalue weighted by Gasteiger charge is 2.11. The predicted molar refractivity (Wildman–Crippen MR) is 78.0 cm³/mol. The molecule has 0 spiro atoms. The van der Waals surface area contributed by atoms with Crippen LogP contribution in [-0.2, 0) is 12.8 Å². The van der Waals surface area contributed by atoms with Crippen molar-refractivity contribution < 1.29 is 9.18 Å². The summed E-state index contributed by atoms with van der Waals surface area (Å²) in [6.45, 7) is 2.07. The van der Waals surface area contributed by atoms with E-state index >= 15 is 0 Å². The fourth-order valence-electron chi connectivity index (χ4n) is 1.89. The molecule has 0 radical (unpaired) electrons. The second kappa shape index (κ2) is 6.11. The first-order chi connectivity index (χ1) is 9.11. The van der Waals surface area contributed by atoms with Crippen molar-refractivity contribution in [2.24, 2.45) is 0 Å². The van der Waals surface area contributed by atoms with Crippen LogP contribution < -0.4 is 0 Å². The van der Waals surface area contributed by atoms with Gasteiger partial charge in [0.25, 0.3) is 0 Å². The lowest BCUT2D eigenvalue weighted by Gasteiger charge is -2.05. The number of benzene rings is 2. The van der Waals surface area contributed by atoms with E-state index < -0.39 is 0 Å². The van der Waals surface area contributed by atoms with Crippen LogP contribution in [0.3, 0.4) is 0 Å². The minimum Gasteiger partial charge on any atom is -0.294 e. The van der Waals surface area contributed by atoms with Gasteiger partial charge in [-0.2, -0.15) is 0 Å². The molecule has 0 heterocycles. The zero-order chi connectivity index (χ0) is 13.8. The van der Waals surface area contributed by atoms with Crippen LogP contribution in [0.4, 0.5) is 4.39 Å². The monoisotopic (exact) mass is 320 g/mol. The van der Waals surface area contributed by atoms with Gasteiger partial charge in [-0.25, -0.2) is 4.39 Å². The molecule has 2 aromatic rings. The SMILES string of the molecule is CCc1ccc(C(=O)Cc2cccc(F)c2Br)cc1. The summed E-state index contributed by atoms with van der Waals surface area (Å²) in [5, 5.41) is 0. The third-order valence-corrected chi connectivity index (χ3v) is 3.95. The van der Waals surface area contributed by atoms with Crippen molar-refractivity contribution in [1.29, 1.82) is 0 Å². The Morgan fingerprint density at radius 1 is 1.16 bits per heavy atom. The summed E-state index contributed by atoms with van der Waals surface area (Å²) in [6, 6.07) is 12.3. The van der Waals surface area contributed by atoms with Crippen LogP contribution >= 0.6 is 15.9 Å². The van der Waals surface area contributed by atoms with Crippen LogP contribution in [0.15, 0.2) is 46.9 Å². The molecule has 98 valence electrons. The molecule has 0 bridgehead atoms. The normalized spacial score (nSPS) is 10.5. The molecule has 0 fully saturated rings. The Kier molecular flexibility index (Phi) is 4.48. The molecule has 0 N–H and O–H groups in total. The molecule has 0 unspecified atom stereocenters. The molecular formula is C16H14BrFO. The number of carbonyl (C=O) groups is 1. The van der Waals surface area contributed by atoms with Gasteiger partial charge in [-0.05, 0) is 39.5 Å². The largest absolute Gasteiger partial charge is 0.294 e. The molecule has 0 atom stereocenters. The van der Waals surface area contributed by atoms with E-state index in [1.54, 1.807) is 12.1 Å². The highest BCUT2D eigenvalue weighted by Crippen LogP contribution is 2.22. The molecule has 0 aliphatic rings. The summed E-state index contributed by atoms with van der Waals surface area (Å²) in [5.41, 5.74) is 2.53. The van der Waals surface area contributed by atoms with E-state index in [4.69, 9.17) is 0 Å². The highest BCUT2D eigenvalue weighted by molar-refractivity contribution is 9.10. The number of Topliss-reactive ketones (excluding diaryl/α,β-unsaturated/α-hetero) is 1. The molecule has 0 aliphatic carbocycles. The molecule has 0 saturated heterocycles. The second-order valence-corrected chi connectivity index (χ2v) is 5.16. The van der Waals surface area contributed by atoms with Gasteiger partial charge >= 0.3 is 0 Å². The van der Waals surface area contributed by atoms with Crippen LogP contribution in [0, 0.1) is 5.82 Å². The van der Waals surface area contributed by atoms with E-state index in [0.717, 1.165) is 6.42 Å². The lowest BCUT2D eigenvalue weighted by molar-refractivity contribution is 0.0992. The Morgan fingerprint density at radius 3 is 2.47 bits per heavy atom. The fourth-order valence-corrected chi connectivity index (χ4v) is 2.29. The third-order valence-electron chi connectivity index (χ3n) is 3.07. The highest BCUT2D eigenvalue weighted by atomic mass is 79.9. The molecule has 1 nitrogen and oxygen atoms in total. The quantitative estimate of drug-likeness (QED) is 0.754. The maximum atomic E-state index is 13.4. The van der Waals surface area contributed by atoms with Gasteiger partial charge < -0.3 is 0 Å². The van der Waals surface area contributed by atoms with Crippen LogP contribution in [0.25, 0.3) is 0 Å². The Labute approximate surface area is 120 Å². The van der Waals surface area contributed by atoms with Gasteiger partial charge in [-0.15, -0.1) is 0 Å². The van der Waals surface area contributed by atoms with Gasteiger partial charge in [-0.1, -0.05) is 43.3 Å². The van der Waals surface area contributed by atoms with Gasteiger partial charge in [0.1, 0.15) is 5.82 Å². The summed E-state index contributed by atoms with van der Waals surface area (Å²) in [7, 11) is 0. The molecule has 2 rings (SSSR count). The summed E-state index contributed by atoms with van der Waals surface area (Å²) < 4.78 is 13.7. The Hall–Kier alpha value is -1.48. The number of ketones is 1. The molecule has 0 aliphatic heterocycles. The van der Waals surface area contributed by atoms with E-state index in [1.807, 2.05) is 24.3 Å². The fraction of sp³-hybridized carbons (Fsp3) is 0.188. The topological polar surface area (TPSA) is 17.1 Å². The summed E-state index contributed by atoms with van der Waals surface area (Å²) in [6.07, 6.45) is 1.15. The number of rotatable bonds is 4. The van der Waals surface area contributed by atoms with E-state index in [9.17, 15) is 9.18 Å². The molecule has 0 aromatic heterocycles. The standard InChI is InChI=1S/C16H14BrFO/c1-2-11-6-8-12(9-7-11)15(19)10-13-4-3-5-14(18)16(13)17/h3-9H,2,10H2,1H3. The smallest absolute Gasteiger partial charge is 0.167 e. The van der Waals surface area contributed by atoms with E-state index in [0.29, 0.717) is 15.6 Å². The number of aryl methyl sites for hydroxylation is 1.